The van der Waals surface area contributed by atoms with Gasteiger partial charge in [0.15, 0.2) is 5.76 Å². The van der Waals surface area contributed by atoms with E-state index in [9.17, 15) is 0 Å². The van der Waals surface area contributed by atoms with Gasteiger partial charge in [0.25, 0.3) is 0 Å². The second-order valence-corrected chi connectivity index (χ2v) is 4.58. The van der Waals surface area contributed by atoms with Crippen molar-refractivity contribution in [3.05, 3.63) is 30.4 Å². The van der Waals surface area contributed by atoms with E-state index in [-0.39, 0.29) is 0 Å². The summed E-state index contributed by atoms with van der Waals surface area (Å²) in [5.41, 5.74) is 0.943. The van der Waals surface area contributed by atoms with Gasteiger partial charge in [0.05, 0.1) is 19.0 Å². The molecule has 3 rings (SSSR count). The molecule has 1 aliphatic carbocycles. The van der Waals surface area contributed by atoms with Crippen molar-refractivity contribution < 1.29 is 4.42 Å². The number of nitrogens with one attached hydrogen (secondary N) is 2. The Morgan fingerprint density at radius 2 is 2.29 bits per heavy atom. The molecule has 0 atom stereocenters. The molecule has 4 heteroatoms. The van der Waals surface area contributed by atoms with Crippen LogP contribution >= 0.6 is 0 Å². The minimum Gasteiger partial charge on any atom is -0.463 e. The van der Waals surface area contributed by atoms with Gasteiger partial charge < -0.3 is 14.7 Å². The topological polar surface area (TPSA) is 53.9 Å². The van der Waals surface area contributed by atoms with Crippen LogP contribution in [0.1, 0.15) is 31.5 Å². The zero-order chi connectivity index (χ0) is 11.5. The highest BCUT2D eigenvalue weighted by molar-refractivity contribution is 5.50. The molecule has 2 heterocycles. The van der Waals surface area contributed by atoms with Crippen molar-refractivity contribution in [2.75, 3.05) is 0 Å². The maximum atomic E-state index is 5.32. The lowest BCUT2D eigenvalue weighted by atomic mass is 10.2. The van der Waals surface area contributed by atoms with Gasteiger partial charge in [0, 0.05) is 6.04 Å². The predicted molar refractivity (Wildman–Crippen MR) is 65.4 cm³/mol. The van der Waals surface area contributed by atoms with Crippen LogP contribution in [0.15, 0.2) is 29.0 Å². The average Bonchev–Trinajstić information content (AvgIpc) is 3.09. The summed E-state index contributed by atoms with van der Waals surface area (Å²) in [6.07, 6.45) is 8.80. The number of nitrogens with zero attached hydrogens (tertiary/aromatic N) is 1. The van der Waals surface area contributed by atoms with Gasteiger partial charge in [-0.2, -0.15) is 0 Å². The number of rotatable bonds is 4. The monoisotopic (exact) mass is 231 g/mol. The highest BCUT2D eigenvalue weighted by Crippen LogP contribution is 2.19. The fourth-order valence-corrected chi connectivity index (χ4v) is 2.38. The molecular formula is C13H17N3O. The third-order valence-electron chi connectivity index (χ3n) is 3.33. The first-order chi connectivity index (χ1) is 8.42. The van der Waals surface area contributed by atoms with E-state index in [2.05, 4.69) is 15.3 Å². The highest BCUT2D eigenvalue weighted by Gasteiger charge is 2.14. The molecule has 17 heavy (non-hydrogen) atoms. The lowest BCUT2D eigenvalue weighted by molar-refractivity contribution is 0.515. The van der Waals surface area contributed by atoms with E-state index >= 15 is 0 Å². The SMILES string of the molecule is c1coc(-c2cnc(CNC3CCCC3)[nH]2)c1. The second kappa shape index (κ2) is 4.75. The summed E-state index contributed by atoms with van der Waals surface area (Å²) < 4.78 is 5.32. The molecule has 0 bridgehead atoms. The maximum Gasteiger partial charge on any atom is 0.151 e. The molecule has 1 saturated carbocycles. The fourth-order valence-electron chi connectivity index (χ4n) is 2.38. The van der Waals surface area contributed by atoms with Crippen molar-refractivity contribution in [3.63, 3.8) is 0 Å². The van der Waals surface area contributed by atoms with Gasteiger partial charge in [-0.25, -0.2) is 4.98 Å². The summed E-state index contributed by atoms with van der Waals surface area (Å²) in [5.74, 6) is 1.81. The summed E-state index contributed by atoms with van der Waals surface area (Å²) >= 11 is 0. The first-order valence-corrected chi connectivity index (χ1v) is 6.23. The number of hydrogen-bond acceptors (Lipinski definition) is 3. The van der Waals surface area contributed by atoms with Crippen LogP contribution in [0, 0.1) is 0 Å². The molecule has 2 aromatic heterocycles. The van der Waals surface area contributed by atoms with Crippen LogP contribution in [-0.4, -0.2) is 16.0 Å². The molecule has 4 nitrogen and oxygen atoms in total. The maximum absolute atomic E-state index is 5.32. The molecular weight excluding hydrogens is 214 g/mol. The Hall–Kier alpha value is -1.55. The molecule has 0 unspecified atom stereocenters. The molecule has 0 spiro atoms. The van der Waals surface area contributed by atoms with Gasteiger partial charge in [-0.15, -0.1) is 0 Å². The van der Waals surface area contributed by atoms with Crippen LogP contribution < -0.4 is 5.32 Å². The van der Waals surface area contributed by atoms with Crippen LogP contribution in [0.4, 0.5) is 0 Å². The number of imidazole rings is 1. The number of hydrogen-bond donors (Lipinski definition) is 2. The van der Waals surface area contributed by atoms with Gasteiger partial charge in [0.1, 0.15) is 11.5 Å². The molecule has 0 aromatic carbocycles. The van der Waals surface area contributed by atoms with E-state index in [0.29, 0.717) is 6.04 Å². The van der Waals surface area contributed by atoms with Crippen molar-refractivity contribution in [3.8, 4) is 11.5 Å². The van der Waals surface area contributed by atoms with Crippen LogP contribution in [0.5, 0.6) is 0 Å². The summed E-state index contributed by atoms with van der Waals surface area (Å²) in [6, 6.07) is 4.49. The second-order valence-electron chi connectivity index (χ2n) is 4.58. The normalized spacial score (nSPS) is 16.7. The molecule has 1 fully saturated rings. The van der Waals surface area contributed by atoms with Crippen LogP contribution in [-0.2, 0) is 6.54 Å². The lowest BCUT2D eigenvalue weighted by Crippen LogP contribution is -2.25. The highest BCUT2D eigenvalue weighted by atomic mass is 16.3. The summed E-state index contributed by atoms with van der Waals surface area (Å²) in [7, 11) is 0. The predicted octanol–water partition coefficient (Wildman–Crippen LogP) is 2.70. The Bertz CT molecular complexity index is 455. The Kier molecular flexibility index (Phi) is 2.96. The molecule has 90 valence electrons. The third kappa shape index (κ3) is 2.42. The van der Waals surface area contributed by atoms with Crippen molar-refractivity contribution in [2.45, 2.75) is 38.3 Å². The average molecular weight is 231 g/mol. The largest absolute Gasteiger partial charge is 0.463 e. The summed E-state index contributed by atoms with van der Waals surface area (Å²) in [5, 5.41) is 3.53. The van der Waals surface area contributed by atoms with Crippen LogP contribution in [0.3, 0.4) is 0 Å². The minimum atomic E-state index is 0.673. The first kappa shape index (κ1) is 10.6. The molecule has 1 aliphatic rings. The van der Waals surface area contributed by atoms with Crippen molar-refractivity contribution in [1.82, 2.24) is 15.3 Å². The van der Waals surface area contributed by atoms with Gasteiger partial charge in [0.2, 0.25) is 0 Å². The summed E-state index contributed by atoms with van der Waals surface area (Å²) in [6.45, 7) is 0.811. The molecule has 0 aliphatic heterocycles. The lowest BCUT2D eigenvalue weighted by Gasteiger charge is -2.09. The third-order valence-corrected chi connectivity index (χ3v) is 3.33. The van der Waals surface area contributed by atoms with E-state index in [1.807, 2.05) is 18.3 Å². The molecule has 2 aromatic rings. The number of H-pyrrole nitrogens is 1. The van der Waals surface area contributed by atoms with Crippen LogP contribution in [0.2, 0.25) is 0 Å². The van der Waals surface area contributed by atoms with E-state index < -0.39 is 0 Å². The van der Waals surface area contributed by atoms with Gasteiger partial charge >= 0.3 is 0 Å². The molecule has 0 amide bonds. The Labute approximate surface area is 100 Å². The number of aromatic nitrogens is 2. The smallest absolute Gasteiger partial charge is 0.151 e. The zero-order valence-electron chi connectivity index (χ0n) is 9.78. The van der Waals surface area contributed by atoms with Crippen molar-refractivity contribution in [2.24, 2.45) is 0 Å². The number of furan rings is 1. The van der Waals surface area contributed by atoms with E-state index in [4.69, 9.17) is 4.42 Å². The molecule has 2 N–H and O–H groups in total. The summed E-state index contributed by atoms with van der Waals surface area (Å²) in [4.78, 5) is 7.63. The van der Waals surface area contributed by atoms with Crippen LogP contribution in [0.25, 0.3) is 11.5 Å². The fraction of sp³-hybridized carbons (Fsp3) is 0.462. The van der Waals surface area contributed by atoms with Gasteiger partial charge in [-0.1, -0.05) is 12.8 Å². The zero-order valence-corrected chi connectivity index (χ0v) is 9.78. The number of aromatic amines is 1. The van der Waals surface area contributed by atoms with E-state index in [0.717, 1.165) is 23.8 Å². The Balaban J connectivity index is 1.60. The van der Waals surface area contributed by atoms with Gasteiger partial charge in [-0.3, -0.25) is 0 Å². The minimum absolute atomic E-state index is 0.673. The quantitative estimate of drug-likeness (QED) is 0.850. The van der Waals surface area contributed by atoms with Crippen molar-refractivity contribution >= 4 is 0 Å². The van der Waals surface area contributed by atoms with Gasteiger partial charge in [-0.05, 0) is 25.0 Å². The van der Waals surface area contributed by atoms with Crippen molar-refractivity contribution in [1.29, 1.82) is 0 Å². The van der Waals surface area contributed by atoms with E-state index in [1.54, 1.807) is 6.26 Å². The molecule has 0 radical (unpaired) electrons. The van der Waals surface area contributed by atoms with E-state index in [1.165, 1.54) is 25.7 Å². The Morgan fingerprint density at radius 1 is 1.41 bits per heavy atom. The molecule has 0 saturated heterocycles. The first-order valence-electron chi connectivity index (χ1n) is 6.23. The standard InChI is InChI=1S/C13H17N3O/c1-2-5-10(4-1)14-9-13-15-8-11(16-13)12-6-3-7-17-12/h3,6-8,10,14H,1-2,4-5,9H2,(H,15,16). The Morgan fingerprint density at radius 3 is 3.06 bits per heavy atom.